The van der Waals surface area contributed by atoms with Crippen LogP contribution in [-0.2, 0) is 4.79 Å². The van der Waals surface area contributed by atoms with Gasteiger partial charge in [-0.05, 0) is 0 Å². The van der Waals surface area contributed by atoms with E-state index < -0.39 is 25.7 Å². The standard InChI is InChI=1S/C4H5O2.2C4H9.Sn.H/c1-3(2)4(5)6;2*1-3-4-2;;/h1H,2H3,(H,5,6);2*1,3-4H2,2H3;;. The maximum atomic E-state index is 10.7. The fourth-order valence-electron chi connectivity index (χ4n) is 1.67. The minimum absolute atomic E-state index is 0.586. The molecule has 2 nitrogen and oxygen atoms in total. The Morgan fingerprint density at radius 2 is 1.67 bits per heavy atom. The molecule has 0 radical (unpaired) electrons. The van der Waals surface area contributed by atoms with Crippen molar-refractivity contribution in [3.8, 4) is 0 Å². The van der Waals surface area contributed by atoms with Gasteiger partial charge in [-0.3, -0.25) is 0 Å². The van der Waals surface area contributed by atoms with Crippen LogP contribution in [-0.4, -0.2) is 30.8 Å². The van der Waals surface area contributed by atoms with Crippen molar-refractivity contribution < 1.29 is 9.90 Å². The van der Waals surface area contributed by atoms with Gasteiger partial charge < -0.3 is 0 Å². The molecular formula is C12H24O2Sn. The van der Waals surface area contributed by atoms with E-state index in [4.69, 9.17) is 5.11 Å². The molecule has 0 aromatic carbocycles. The minimum atomic E-state index is -1.64. The number of carboxylic acid groups (broad SMARTS) is 1. The Labute approximate surface area is 101 Å². The summed E-state index contributed by atoms with van der Waals surface area (Å²) in [5, 5.41) is 8.85. The summed E-state index contributed by atoms with van der Waals surface area (Å²) >= 11 is -1.64. The van der Waals surface area contributed by atoms with Crippen LogP contribution >= 0.6 is 0 Å². The van der Waals surface area contributed by atoms with E-state index in [2.05, 4.69) is 17.9 Å². The number of rotatable bonds is 8. The molecule has 0 unspecified atom stereocenters. The Morgan fingerprint density at radius 1 is 1.20 bits per heavy atom. The van der Waals surface area contributed by atoms with Crippen LogP contribution in [0.4, 0.5) is 0 Å². The van der Waals surface area contributed by atoms with Crippen molar-refractivity contribution in [1.29, 1.82) is 0 Å². The van der Waals surface area contributed by atoms with E-state index in [0.29, 0.717) is 5.57 Å². The molecule has 0 amide bonds. The monoisotopic (exact) mass is 320 g/mol. The molecule has 0 fully saturated rings. The summed E-state index contributed by atoms with van der Waals surface area (Å²) in [4.78, 5) is 10.7. The summed E-state index contributed by atoms with van der Waals surface area (Å²) < 4.78 is 4.82. The number of unbranched alkanes of at least 4 members (excludes halogenated alkanes) is 2. The van der Waals surface area contributed by atoms with Crippen molar-refractivity contribution in [2.75, 3.05) is 0 Å². The molecule has 0 rings (SSSR count). The molecule has 0 atom stereocenters. The van der Waals surface area contributed by atoms with Crippen LogP contribution in [0.1, 0.15) is 46.5 Å². The number of hydrogen-bond acceptors (Lipinski definition) is 1. The number of aliphatic carboxylic acids is 1. The van der Waals surface area contributed by atoms with Gasteiger partial charge in [0.05, 0.1) is 0 Å². The molecule has 0 aliphatic rings. The van der Waals surface area contributed by atoms with Crippen LogP contribution in [0.2, 0.25) is 8.87 Å². The summed E-state index contributed by atoms with van der Waals surface area (Å²) in [7, 11) is 0. The number of carboxylic acids is 1. The topological polar surface area (TPSA) is 37.3 Å². The summed E-state index contributed by atoms with van der Waals surface area (Å²) in [5.41, 5.74) is 0.586. The van der Waals surface area contributed by atoms with Gasteiger partial charge in [-0.2, -0.15) is 0 Å². The molecule has 3 heteroatoms. The Morgan fingerprint density at radius 3 is 2.00 bits per heavy atom. The van der Waals surface area contributed by atoms with Gasteiger partial charge in [0.2, 0.25) is 0 Å². The second kappa shape index (κ2) is 9.25. The van der Waals surface area contributed by atoms with Gasteiger partial charge in [0.15, 0.2) is 0 Å². The van der Waals surface area contributed by atoms with Crippen molar-refractivity contribution in [3.05, 3.63) is 9.67 Å². The second-order valence-corrected chi connectivity index (χ2v) is 12.8. The van der Waals surface area contributed by atoms with Crippen molar-refractivity contribution in [2.24, 2.45) is 0 Å². The molecule has 0 aromatic heterocycles. The third-order valence-corrected chi connectivity index (χ3v) is 12.0. The van der Waals surface area contributed by atoms with Gasteiger partial charge in [0.1, 0.15) is 0 Å². The predicted molar refractivity (Wildman–Crippen MR) is 68.0 cm³/mol. The number of hydrogen-bond donors (Lipinski definition) is 1. The molecule has 0 spiro atoms. The van der Waals surface area contributed by atoms with E-state index in [0.717, 1.165) is 0 Å². The van der Waals surface area contributed by atoms with Gasteiger partial charge in [-0.25, -0.2) is 0 Å². The quantitative estimate of drug-likeness (QED) is 0.550. The third-order valence-electron chi connectivity index (χ3n) is 2.68. The molecule has 0 aliphatic heterocycles. The summed E-state index contributed by atoms with van der Waals surface area (Å²) in [6.07, 6.45) is 5.04. The molecule has 0 aliphatic carbocycles. The van der Waals surface area contributed by atoms with E-state index in [1.165, 1.54) is 34.6 Å². The van der Waals surface area contributed by atoms with E-state index in [-0.39, 0.29) is 0 Å². The van der Waals surface area contributed by atoms with Crippen LogP contribution in [0, 0.1) is 0 Å². The predicted octanol–water partition coefficient (Wildman–Crippen LogP) is 3.38. The van der Waals surface area contributed by atoms with Crippen LogP contribution in [0.5, 0.6) is 0 Å². The SMILES string of the molecule is CCC[CH2][SnH]([CH]=C(C)C(=O)O)[CH2]CCC. The number of carbonyl (C=O) groups is 1. The molecular weight excluding hydrogens is 295 g/mol. The summed E-state index contributed by atoms with van der Waals surface area (Å²) in [5.74, 6) is -0.732. The van der Waals surface area contributed by atoms with Gasteiger partial charge in [-0.1, -0.05) is 0 Å². The molecule has 0 heterocycles. The summed E-state index contributed by atoms with van der Waals surface area (Å²) in [6.45, 7) is 6.15. The normalized spacial score (nSPS) is 12.1. The fraction of sp³-hybridized carbons (Fsp3) is 0.750. The Hall–Kier alpha value is 0.00870. The van der Waals surface area contributed by atoms with E-state index >= 15 is 0 Å². The van der Waals surface area contributed by atoms with Crippen LogP contribution in [0.25, 0.3) is 0 Å². The zero-order valence-corrected chi connectivity index (χ0v) is 13.5. The third kappa shape index (κ3) is 7.88. The van der Waals surface area contributed by atoms with E-state index in [9.17, 15) is 4.79 Å². The first-order valence-corrected chi connectivity index (χ1v) is 12.6. The first kappa shape index (κ1) is 15.0. The first-order chi connectivity index (χ1) is 7.11. The zero-order chi connectivity index (χ0) is 11.7. The molecule has 1 N–H and O–H groups in total. The van der Waals surface area contributed by atoms with Crippen molar-refractivity contribution >= 4 is 25.7 Å². The first-order valence-electron chi connectivity index (χ1n) is 6.03. The average Bonchev–Trinajstić information content (AvgIpc) is 2.21. The average molecular weight is 319 g/mol. The van der Waals surface area contributed by atoms with E-state index in [1.54, 1.807) is 6.92 Å². The van der Waals surface area contributed by atoms with Crippen LogP contribution in [0.15, 0.2) is 9.67 Å². The Kier molecular flexibility index (Phi) is 9.26. The Balaban J connectivity index is 4.21. The fourth-order valence-corrected chi connectivity index (χ4v) is 11.2. The van der Waals surface area contributed by atoms with Crippen molar-refractivity contribution in [3.63, 3.8) is 0 Å². The molecule has 0 saturated carbocycles. The van der Waals surface area contributed by atoms with Gasteiger partial charge in [-0.15, -0.1) is 0 Å². The second-order valence-electron chi connectivity index (χ2n) is 4.20. The van der Waals surface area contributed by atoms with Gasteiger partial charge >= 0.3 is 101 Å². The van der Waals surface area contributed by atoms with Gasteiger partial charge in [0, 0.05) is 0 Å². The van der Waals surface area contributed by atoms with Crippen molar-refractivity contribution in [2.45, 2.75) is 55.3 Å². The molecule has 0 saturated heterocycles. The zero-order valence-electron chi connectivity index (χ0n) is 10.3. The maximum absolute atomic E-state index is 10.7. The van der Waals surface area contributed by atoms with Crippen LogP contribution < -0.4 is 0 Å². The Bertz CT molecular complexity index is 204. The molecule has 0 aromatic rings. The van der Waals surface area contributed by atoms with Crippen molar-refractivity contribution in [1.82, 2.24) is 0 Å². The summed E-state index contributed by atoms with van der Waals surface area (Å²) in [6, 6.07) is 0. The molecule has 88 valence electrons. The molecule has 15 heavy (non-hydrogen) atoms. The van der Waals surface area contributed by atoms with E-state index in [1.807, 2.05) is 0 Å². The van der Waals surface area contributed by atoms with Gasteiger partial charge in [0.25, 0.3) is 0 Å². The van der Waals surface area contributed by atoms with Crippen LogP contribution in [0.3, 0.4) is 0 Å². The molecule has 0 bridgehead atoms.